The van der Waals surface area contributed by atoms with Crippen LogP contribution in [0.3, 0.4) is 0 Å². The van der Waals surface area contributed by atoms with Crippen molar-refractivity contribution in [1.82, 2.24) is 4.98 Å². The third kappa shape index (κ3) is 4.56. The first kappa shape index (κ1) is 32.6. The summed E-state index contributed by atoms with van der Waals surface area (Å²) < 4.78 is 20.1. The maximum absolute atomic E-state index is 14.6. The monoisotopic (exact) mass is 735 g/mol. The number of amides is 4. The van der Waals surface area contributed by atoms with Crippen molar-refractivity contribution < 1.29 is 33.1 Å². The highest BCUT2D eigenvalue weighted by Crippen LogP contribution is 2.64. The fraction of sp³-hybridized carbons (Fsp3) is 0.225. The minimum atomic E-state index is -1.38. The summed E-state index contributed by atoms with van der Waals surface area (Å²) in [6.45, 7) is 1.71. The van der Waals surface area contributed by atoms with Crippen LogP contribution in [0.2, 0.25) is 10.0 Å². The van der Waals surface area contributed by atoms with E-state index in [9.17, 15) is 28.7 Å². The summed E-state index contributed by atoms with van der Waals surface area (Å²) >= 11 is 12.9. The largest absolute Gasteiger partial charge is 0.508 e. The van der Waals surface area contributed by atoms with Gasteiger partial charge >= 0.3 is 0 Å². The molecule has 0 unspecified atom stereocenters. The van der Waals surface area contributed by atoms with Gasteiger partial charge in [0.25, 0.3) is 0 Å². The van der Waals surface area contributed by atoms with E-state index in [4.69, 9.17) is 27.6 Å². The highest BCUT2D eigenvalue weighted by Gasteiger charge is 2.68. The van der Waals surface area contributed by atoms with Crippen LogP contribution in [-0.4, -0.2) is 33.7 Å². The van der Waals surface area contributed by atoms with Crippen LogP contribution in [0.25, 0.3) is 22.6 Å². The van der Waals surface area contributed by atoms with Crippen molar-refractivity contribution in [2.75, 3.05) is 9.80 Å². The van der Waals surface area contributed by atoms with Crippen molar-refractivity contribution in [3.8, 4) is 17.2 Å². The smallest absolute Gasteiger partial charge is 0.241 e. The Bertz CT molecular complexity index is 2390. The number of benzene rings is 4. The van der Waals surface area contributed by atoms with Gasteiger partial charge in [-0.1, -0.05) is 53.1 Å². The van der Waals surface area contributed by atoms with E-state index >= 15 is 0 Å². The number of oxazole rings is 1. The van der Waals surface area contributed by atoms with E-state index in [2.05, 4.69) is 4.98 Å². The normalized spacial score (nSPS) is 26.8. The van der Waals surface area contributed by atoms with E-state index in [1.165, 1.54) is 29.2 Å². The number of fused-ring (bicyclic) bond motifs is 5. The lowest BCUT2D eigenvalue weighted by molar-refractivity contribution is -0.131. The molecule has 1 saturated carbocycles. The van der Waals surface area contributed by atoms with Gasteiger partial charge in [-0.3, -0.25) is 24.1 Å². The van der Waals surface area contributed by atoms with Crippen molar-refractivity contribution in [1.29, 1.82) is 0 Å². The summed E-state index contributed by atoms with van der Waals surface area (Å²) in [5.74, 6) is -5.90. The summed E-state index contributed by atoms with van der Waals surface area (Å²) in [4.78, 5) is 64.3. The lowest BCUT2D eigenvalue weighted by Crippen LogP contribution is -2.49. The van der Waals surface area contributed by atoms with Crippen LogP contribution in [0.4, 0.5) is 15.8 Å². The zero-order valence-corrected chi connectivity index (χ0v) is 28.9. The molecular formula is C40H28Cl2FN3O6. The Morgan fingerprint density at radius 2 is 1.60 bits per heavy atom. The highest BCUT2D eigenvalue weighted by molar-refractivity contribution is 6.32. The van der Waals surface area contributed by atoms with Crippen molar-refractivity contribution in [2.45, 2.75) is 25.7 Å². The molecule has 5 aromatic rings. The molecule has 4 amide bonds. The number of imide groups is 2. The van der Waals surface area contributed by atoms with Crippen molar-refractivity contribution >= 4 is 69.3 Å². The van der Waals surface area contributed by atoms with Gasteiger partial charge in [-0.05, 0) is 98.0 Å². The zero-order chi connectivity index (χ0) is 36.2. The van der Waals surface area contributed by atoms with E-state index in [0.29, 0.717) is 33.8 Å². The average molecular weight is 737 g/mol. The molecule has 4 aliphatic rings. The maximum atomic E-state index is 14.6. The van der Waals surface area contributed by atoms with Gasteiger partial charge in [0.1, 0.15) is 17.1 Å². The summed E-state index contributed by atoms with van der Waals surface area (Å²) in [5, 5.41) is 10.2. The molecule has 0 spiro atoms. The number of carbonyl (C=O) groups excluding carboxylic acids is 4. The standard InChI is InChI=1S/C40H28Cl2FN3O6/c1-40-27(37(49)46(39(40)51)21-10-15-30(43)29(42)16-21)18-26-23(34(40)24-12-11-22(47)17-28(24)41)13-14-25-33(26)38(50)45(36(25)48)20-8-6-19(7-9-20)35-44-31-4-2-3-5-32(31)52-35/h2-13,15-17,25-27,33-34,47H,14,18H2,1H3/t25-,26+,27-,33-,34+,40+/m0/s1. The minimum Gasteiger partial charge on any atom is -0.508 e. The molecule has 12 heteroatoms. The zero-order valence-electron chi connectivity index (χ0n) is 27.4. The first-order chi connectivity index (χ1) is 25.0. The Balaban J connectivity index is 1.10. The predicted molar refractivity (Wildman–Crippen MR) is 191 cm³/mol. The maximum Gasteiger partial charge on any atom is 0.241 e. The number of phenolic OH excluding ortho intramolecular Hbond substituents is 1. The van der Waals surface area contributed by atoms with Crippen LogP contribution in [0.5, 0.6) is 5.75 Å². The number of aromatic hydroxyl groups is 1. The Labute approximate surface area is 306 Å². The molecule has 2 aliphatic heterocycles. The summed E-state index contributed by atoms with van der Waals surface area (Å²) in [6.07, 6.45) is 2.28. The van der Waals surface area contributed by atoms with Crippen LogP contribution in [0, 0.1) is 34.9 Å². The molecule has 9 nitrogen and oxygen atoms in total. The number of nitrogens with zero attached hydrogens (tertiary/aromatic N) is 3. The molecule has 52 heavy (non-hydrogen) atoms. The molecule has 2 saturated heterocycles. The quantitative estimate of drug-likeness (QED) is 0.146. The number of halogens is 3. The first-order valence-electron chi connectivity index (χ1n) is 16.8. The van der Waals surface area contributed by atoms with Crippen LogP contribution >= 0.6 is 23.2 Å². The first-order valence-corrected chi connectivity index (χ1v) is 17.6. The van der Waals surface area contributed by atoms with Crippen LogP contribution in [-0.2, 0) is 19.2 Å². The van der Waals surface area contributed by atoms with Gasteiger partial charge in [0.15, 0.2) is 5.58 Å². The lowest BCUT2D eigenvalue weighted by atomic mass is 9.51. The Kier molecular flexibility index (Phi) is 7.26. The molecule has 3 heterocycles. The SMILES string of the molecule is C[C@@]12C(=O)N(c3ccc(F)c(Cl)c3)C(=O)[C@@H]1C[C@@H]1C(=CC[C@@H]3C(=O)N(c4ccc(-c5nc6ccccc6o5)cc4)C(=O)[C@@H]31)[C@@H]2c1ccc(O)cc1Cl. The van der Waals surface area contributed by atoms with Crippen molar-refractivity contribution in [3.63, 3.8) is 0 Å². The Morgan fingerprint density at radius 3 is 2.33 bits per heavy atom. The molecule has 2 aliphatic carbocycles. The molecule has 4 aromatic carbocycles. The number of anilines is 2. The number of aromatic nitrogens is 1. The minimum absolute atomic E-state index is 0.0776. The highest BCUT2D eigenvalue weighted by atomic mass is 35.5. The molecular weight excluding hydrogens is 708 g/mol. The molecule has 1 N–H and O–H groups in total. The fourth-order valence-corrected chi connectivity index (χ4v) is 9.44. The van der Waals surface area contributed by atoms with Gasteiger partial charge in [-0.2, -0.15) is 0 Å². The third-order valence-electron chi connectivity index (χ3n) is 11.4. The number of phenols is 1. The molecule has 6 atom stereocenters. The second-order valence-electron chi connectivity index (χ2n) is 14.0. The second kappa shape index (κ2) is 11.6. The summed E-state index contributed by atoms with van der Waals surface area (Å²) in [5.41, 5.74) is 2.42. The van der Waals surface area contributed by atoms with E-state index < -0.39 is 58.5 Å². The number of para-hydroxylation sites is 2. The number of rotatable bonds is 4. The van der Waals surface area contributed by atoms with E-state index in [-0.39, 0.29) is 40.2 Å². The van der Waals surface area contributed by atoms with Crippen LogP contribution in [0.1, 0.15) is 31.2 Å². The average Bonchev–Trinajstić information content (AvgIpc) is 3.74. The molecule has 9 rings (SSSR count). The molecule has 0 radical (unpaired) electrons. The van der Waals surface area contributed by atoms with Gasteiger partial charge in [-0.25, -0.2) is 14.3 Å². The van der Waals surface area contributed by atoms with Crippen LogP contribution in [0.15, 0.2) is 101 Å². The Hall–Kier alpha value is -5.32. The van der Waals surface area contributed by atoms with Gasteiger partial charge in [0.05, 0.1) is 39.6 Å². The van der Waals surface area contributed by atoms with Crippen molar-refractivity contribution in [3.05, 3.63) is 118 Å². The number of carbonyl (C=O) groups is 4. The van der Waals surface area contributed by atoms with E-state index in [1.807, 2.05) is 30.3 Å². The number of hydrogen-bond donors (Lipinski definition) is 1. The molecule has 3 fully saturated rings. The van der Waals surface area contributed by atoms with E-state index in [0.717, 1.165) is 16.5 Å². The second-order valence-corrected chi connectivity index (χ2v) is 14.8. The molecule has 260 valence electrons. The lowest BCUT2D eigenvalue weighted by Gasteiger charge is -2.49. The van der Waals surface area contributed by atoms with E-state index in [1.54, 1.807) is 37.3 Å². The molecule has 0 bridgehead atoms. The predicted octanol–water partition coefficient (Wildman–Crippen LogP) is 8.08. The van der Waals surface area contributed by atoms with Gasteiger partial charge in [0, 0.05) is 16.5 Å². The van der Waals surface area contributed by atoms with Gasteiger partial charge in [-0.15, -0.1) is 0 Å². The van der Waals surface area contributed by atoms with Crippen LogP contribution < -0.4 is 9.80 Å². The summed E-state index contributed by atoms with van der Waals surface area (Å²) in [7, 11) is 0. The Morgan fingerprint density at radius 1 is 0.846 bits per heavy atom. The summed E-state index contributed by atoms with van der Waals surface area (Å²) in [6, 6.07) is 22.4. The van der Waals surface area contributed by atoms with Crippen molar-refractivity contribution in [2.24, 2.45) is 29.1 Å². The number of allylic oxidation sites excluding steroid dienone is 2. The third-order valence-corrected chi connectivity index (χ3v) is 12.0. The van der Waals surface area contributed by atoms with Gasteiger partial charge < -0.3 is 9.52 Å². The molecule has 1 aromatic heterocycles. The topological polar surface area (TPSA) is 121 Å². The number of hydrogen-bond acceptors (Lipinski definition) is 7. The fourth-order valence-electron chi connectivity index (χ4n) is 8.98. The van der Waals surface area contributed by atoms with Gasteiger partial charge in [0.2, 0.25) is 29.5 Å².